The Morgan fingerprint density at radius 1 is 0.577 bits per heavy atom. The highest BCUT2D eigenvalue weighted by atomic mass is 31.2. The number of ether oxygens (including phenoxy) is 2. The van der Waals surface area contributed by atoms with Gasteiger partial charge in [-0.05, 0) is 38.5 Å². The molecule has 0 aliphatic carbocycles. The number of hydrogen-bond donors (Lipinski definition) is 0. The first-order valence-electron chi connectivity index (χ1n) is 21.4. The molecule has 9 nitrogen and oxygen atoms in total. The van der Waals surface area contributed by atoms with Crippen LogP contribution in [0.4, 0.5) is 0 Å². The van der Waals surface area contributed by atoms with E-state index in [0.29, 0.717) is 17.4 Å². The smallest absolute Gasteiger partial charge is 0.306 e. The highest BCUT2D eigenvalue weighted by Crippen LogP contribution is 2.38. The lowest BCUT2D eigenvalue weighted by Crippen LogP contribution is -2.37. The summed E-state index contributed by atoms with van der Waals surface area (Å²) in [5, 5.41) is 0. The molecule has 0 fully saturated rings. The van der Waals surface area contributed by atoms with Gasteiger partial charge in [0.25, 0.3) is 7.82 Å². The fourth-order valence-corrected chi connectivity index (χ4v) is 6.61. The number of carbonyl (C=O) groups is 2. The lowest BCUT2D eigenvalue weighted by molar-refractivity contribution is -0.870. The summed E-state index contributed by atoms with van der Waals surface area (Å²) in [4.78, 5) is 37.4. The molecule has 10 heteroatoms. The van der Waals surface area contributed by atoms with Gasteiger partial charge in [-0.25, -0.2) is 0 Å². The van der Waals surface area contributed by atoms with E-state index < -0.39 is 26.5 Å². The number of allylic oxidation sites excluding steroid dienone is 2. The molecule has 52 heavy (non-hydrogen) atoms. The molecule has 0 radical (unpaired) electrons. The van der Waals surface area contributed by atoms with Gasteiger partial charge in [0.15, 0.2) is 6.10 Å². The van der Waals surface area contributed by atoms with E-state index in [9.17, 15) is 19.0 Å². The molecule has 0 heterocycles. The molecule has 0 aliphatic heterocycles. The molecule has 0 aliphatic rings. The number of hydrogen-bond acceptors (Lipinski definition) is 8. The van der Waals surface area contributed by atoms with Gasteiger partial charge in [-0.15, -0.1) is 0 Å². The van der Waals surface area contributed by atoms with Crippen molar-refractivity contribution in [1.82, 2.24) is 0 Å². The number of carbonyl (C=O) groups excluding carboxylic acids is 2. The van der Waals surface area contributed by atoms with E-state index in [1.54, 1.807) is 0 Å². The van der Waals surface area contributed by atoms with Crippen LogP contribution in [0.1, 0.15) is 194 Å². The van der Waals surface area contributed by atoms with E-state index in [-0.39, 0.29) is 32.0 Å². The zero-order valence-corrected chi connectivity index (χ0v) is 35.4. The van der Waals surface area contributed by atoms with Crippen molar-refractivity contribution >= 4 is 19.8 Å². The molecule has 0 N–H and O–H groups in total. The standard InChI is InChI=1S/C42H82NO8P/c1-6-8-10-12-14-16-18-19-20-21-22-23-25-27-29-31-33-35-42(45)51-40(39-50-52(46,47)49-37-36-43(3,4)5)38-48-41(44)34-32-30-28-26-24-17-15-13-11-9-7-2/h19-20,40H,6-18,21-39H2,1-5H3/b20-19-/t40-/m1/s1. The van der Waals surface area contributed by atoms with E-state index in [4.69, 9.17) is 18.5 Å². The molecule has 2 atom stereocenters. The molecule has 0 aromatic carbocycles. The Hall–Kier alpha value is -1.25. The predicted octanol–water partition coefficient (Wildman–Crippen LogP) is 11.2. The van der Waals surface area contributed by atoms with Gasteiger partial charge < -0.3 is 27.9 Å². The number of phosphoric acid groups is 1. The van der Waals surface area contributed by atoms with Crippen molar-refractivity contribution in [2.45, 2.75) is 200 Å². The molecule has 0 amide bonds. The van der Waals surface area contributed by atoms with Crippen LogP contribution >= 0.6 is 7.82 Å². The van der Waals surface area contributed by atoms with Crippen molar-refractivity contribution in [3.8, 4) is 0 Å². The molecule has 0 saturated heterocycles. The second-order valence-electron chi connectivity index (χ2n) is 15.7. The fraction of sp³-hybridized carbons (Fsp3) is 0.905. The van der Waals surface area contributed by atoms with Crippen LogP contribution in [0.25, 0.3) is 0 Å². The summed E-state index contributed by atoms with van der Waals surface area (Å²) < 4.78 is 33.8. The van der Waals surface area contributed by atoms with Gasteiger partial charge in [0.2, 0.25) is 0 Å². The number of unbranched alkanes of at least 4 members (excludes halogenated alkanes) is 23. The summed E-state index contributed by atoms with van der Waals surface area (Å²) in [6.07, 6.45) is 35.2. The van der Waals surface area contributed by atoms with E-state index in [1.807, 2.05) is 21.1 Å². The SMILES string of the molecule is CCCCCCCC/C=C\CCCCCCCCCC(=O)O[C@H](COC(=O)CCCCCCCCCCCCC)COP(=O)([O-])OCC[N+](C)(C)C. The third kappa shape index (κ3) is 38.5. The second kappa shape index (κ2) is 35.5. The van der Waals surface area contributed by atoms with Crippen LogP contribution in [-0.2, 0) is 32.7 Å². The normalized spacial score (nSPS) is 13.7. The summed E-state index contributed by atoms with van der Waals surface area (Å²) in [6.45, 7) is 4.22. The van der Waals surface area contributed by atoms with Crippen molar-refractivity contribution < 1.29 is 42.1 Å². The summed E-state index contributed by atoms with van der Waals surface area (Å²) in [7, 11) is 1.17. The predicted molar refractivity (Wildman–Crippen MR) is 213 cm³/mol. The van der Waals surface area contributed by atoms with Crippen molar-refractivity contribution in [2.24, 2.45) is 0 Å². The Labute approximate surface area is 320 Å². The number of likely N-dealkylation sites (N-methyl/N-ethyl adjacent to an activating group) is 1. The number of quaternary nitrogens is 1. The zero-order valence-electron chi connectivity index (χ0n) is 34.5. The number of esters is 2. The van der Waals surface area contributed by atoms with E-state index in [1.165, 1.54) is 116 Å². The Bertz CT molecular complexity index is 907. The summed E-state index contributed by atoms with van der Waals surface area (Å²) in [5.74, 6) is -0.833. The van der Waals surface area contributed by atoms with E-state index in [0.717, 1.165) is 44.9 Å². The van der Waals surface area contributed by atoms with Gasteiger partial charge in [-0.1, -0.05) is 154 Å². The van der Waals surface area contributed by atoms with Crippen LogP contribution in [0, 0.1) is 0 Å². The lowest BCUT2D eigenvalue weighted by atomic mass is 10.1. The van der Waals surface area contributed by atoms with Gasteiger partial charge in [-0.3, -0.25) is 14.2 Å². The molecule has 1 unspecified atom stereocenters. The number of phosphoric ester groups is 1. The molecule has 0 aromatic rings. The number of nitrogens with zero attached hydrogens (tertiary/aromatic N) is 1. The Morgan fingerprint density at radius 2 is 0.981 bits per heavy atom. The van der Waals surface area contributed by atoms with Gasteiger partial charge in [0.05, 0.1) is 27.7 Å². The minimum atomic E-state index is -4.62. The highest BCUT2D eigenvalue weighted by molar-refractivity contribution is 7.45. The van der Waals surface area contributed by atoms with Gasteiger partial charge in [0.1, 0.15) is 19.8 Å². The number of rotatable bonds is 39. The van der Waals surface area contributed by atoms with Crippen LogP contribution in [0.5, 0.6) is 0 Å². The molecule has 0 bridgehead atoms. The summed E-state index contributed by atoms with van der Waals surface area (Å²) in [5.41, 5.74) is 0. The van der Waals surface area contributed by atoms with E-state index in [2.05, 4.69) is 26.0 Å². The summed E-state index contributed by atoms with van der Waals surface area (Å²) in [6, 6.07) is 0. The Balaban J connectivity index is 4.34. The largest absolute Gasteiger partial charge is 0.756 e. The lowest BCUT2D eigenvalue weighted by Gasteiger charge is -2.28. The molecule has 308 valence electrons. The molecule has 0 rings (SSSR count). The van der Waals surface area contributed by atoms with Crippen molar-refractivity contribution in [3.05, 3.63) is 12.2 Å². The van der Waals surface area contributed by atoms with Crippen LogP contribution in [0.3, 0.4) is 0 Å². The topological polar surface area (TPSA) is 111 Å². The van der Waals surface area contributed by atoms with Gasteiger partial charge in [0, 0.05) is 12.8 Å². The Kier molecular flexibility index (Phi) is 34.6. The van der Waals surface area contributed by atoms with Crippen molar-refractivity contribution in [3.63, 3.8) is 0 Å². The minimum Gasteiger partial charge on any atom is -0.756 e. The molecular weight excluding hydrogens is 677 g/mol. The molecular formula is C42H82NO8P. The first-order valence-corrected chi connectivity index (χ1v) is 22.9. The first-order chi connectivity index (χ1) is 25.0. The summed E-state index contributed by atoms with van der Waals surface area (Å²) >= 11 is 0. The highest BCUT2D eigenvalue weighted by Gasteiger charge is 2.21. The van der Waals surface area contributed by atoms with Crippen LogP contribution in [-0.4, -0.2) is 70.0 Å². The Morgan fingerprint density at radius 3 is 1.42 bits per heavy atom. The van der Waals surface area contributed by atoms with Crippen LogP contribution < -0.4 is 4.89 Å². The third-order valence-corrected chi connectivity index (χ3v) is 10.2. The first kappa shape index (κ1) is 50.8. The fourth-order valence-electron chi connectivity index (χ4n) is 5.88. The monoisotopic (exact) mass is 760 g/mol. The molecule has 0 saturated carbocycles. The maximum atomic E-state index is 12.6. The second-order valence-corrected chi connectivity index (χ2v) is 17.1. The van der Waals surface area contributed by atoms with Gasteiger partial charge >= 0.3 is 11.9 Å². The van der Waals surface area contributed by atoms with Crippen LogP contribution in [0.2, 0.25) is 0 Å². The maximum Gasteiger partial charge on any atom is 0.306 e. The van der Waals surface area contributed by atoms with Crippen LogP contribution in [0.15, 0.2) is 12.2 Å². The average molecular weight is 760 g/mol. The average Bonchev–Trinajstić information content (AvgIpc) is 3.09. The van der Waals surface area contributed by atoms with E-state index >= 15 is 0 Å². The maximum absolute atomic E-state index is 12.6. The van der Waals surface area contributed by atoms with Crippen molar-refractivity contribution in [1.29, 1.82) is 0 Å². The van der Waals surface area contributed by atoms with Gasteiger partial charge in [-0.2, -0.15) is 0 Å². The quantitative estimate of drug-likeness (QED) is 0.0200. The minimum absolute atomic E-state index is 0.0287. The third-order valence-electron chi connectivity index (χ3n) is 9.29. The zero-order chi connectivity index (χ0) is 38.6. The molecule has 0 spiro atoms. The van der Waals surface area contributed by atoms with Crippen molar-refractivity contribution in [2.75, 3.05) is 47.5 Å². The molecule has 0 aromatic heterocycles.